The first kappa shape index (κ1) is 12.4. The highest BCUT2D eigenvalue weighted by molar-refractivity contribution is 5.72. The van der Waals surface area contributed by atoms with Gasteiger partial charge in [0.15, 0.2) is 0 Å². The number of allylic oxidation sites excluding steroid dienone is 1. The lowest BCUT2D eigenvalue weighted by Gasteiger charge is -2.28. The minimum Gasteiger partial charge on any atom is -0.387 e. The molecule has 15 heavy (non-hydrogen) atoms. The third-order valence-electron chi connectivity index (χ3n) is 3.05. The number of aldehydes is 1. The van der Waals surface area contributed by atoms with E-state index in [0.29, 0.717) is 11.9 Å². The molecule has 0 aromatic heterocycles. The molecule has 0 radical (unpaired) electrons. The summed E-state index contributed by atoms with van der Waals surface area (Å²) in [6, 6.07) is 0. The van der Waals surface area contributed by atoms with Crippen molar-refractivity contribution in [2.75, 3.05) is 0 Å². The summed E-state index contributed by atoms with van der Waals surface area (Å²) in [4.78, 5) is 10.5. The first-order valence-electron chi connectivity index (χ1n) is 4.97. The van der Waals surface area contributed by atoms with Crippen LogP contribution in [-0.2, 0) is 9.53 Å². The smallest absolute Gasteiger partial charge is 0.145 e. The molecule has 0 bridgehead atoms. The number of carbonyl (C=O) groups is 1. The predicted molar refractivity (Wildman–Crippen MR) is 55.4 cm³/mol. The molecule has 86 valence electrons. The molecule has 2 N–H and O–H groups in total. The van der Waals surface area contributed by atoms with Crippen LogP contribution in [0.1, 0.15) is 27.7 Å². The third-order valence-corrected chi connectivity index (χ3v) is 3.05. The maximum atomic E-state index is 10.5. The lowest BCUT2D eigenvalue weighted by molar-refractivity contribution is -0.105. The molecule has 4 atom stereocenters. The van der Waals surface area contributed by atoms with Crippen LogP contribution in [0.25, 0.3) is 0 Å². The molecule has 0 aliphatic carbocycles. The summed E-state index contributed by atoms with van der Waals surface area (Å²) >= 11 is 0. The first-order chi connectivity index (χ1) is 6.74. The molecule has 1 fully saturated rings. The monoisotopic (exact) mass is 214 g/mol. The fourth-order valence-corrected chi connectivity index (χ4v) is 1.97. The lowest BCUT2D eigenvalue weighted by Crippen LogP contribution is -2.47. The molecule has 0 unspecified atom stereocenters. The number of ether oxygens (including phenoxy) is 1. The van der Waals surface area contributed by atoms with Crippen molar-refractivity contribution in [3.8, 4) is 0 Å². The van der Waals surface area contributed by atoms with Crippen LogP contribution in [-0.4, -0.2) is 39.9 Å². The highest BCUT2D eigenvalue weighted by atomic mass is 16.6. The van der Waals surface area contributed by atoms with Gasteiger partial charge in [-0.2, -0.15) is 0 Å². The molecular weight excluding hydrogens is 196 g/mol. The SMILES string of the molecule is C/C(C=O)=C\[C@@]1(C)O[C@H](C)[C@@](C)(O)[C@@H]1O. The number of rotatable bonds is 2. The van der Waals surface area contributed by atoms with Gasteiger partial charge in [-0.1, -0.05) is 0 Å². The summed E-state index contributed by atoms with van der Waals surface area (Å²) in [5.41, 5.74) is -1.83. The van der Waals surface area contributed by atoms with E-state index < -0.39 is 23.4 Å². The molecule has 0 spiro atoms. The molecule has 0 aromatic rings. The standard InChI is InChI=1S/C11H18O4/c1-7(6-12)5-10(3)9(13)11(4,14)8(2)15-10/h5-6,8-9,13-14H,1-4H3/b7-5+/t8-,9-,10-,11-/m1/s1. The average molecular weight is 214 g/mol. The van der Waals surface area contributed by atoms with Crippen LogP contribution in [0.15, 0.2) is 11.6 Å². The Morgan fingerprint density at radius 1 is 1.47 bits per heavy atom. The van der Waals surface area contributed by atoms with Gasteiger partial charge < -0.3 is 14.9 Å². The number of aliphatic hydroxyl groups is 2. The van der Waals surface area contributed by atoms with Gasteiger partial charge in [-0.3, -0.25) is 4.79 Å². The Morgan fingerprint density at radius 2 is 2.00 bits per heavy atom. The van der Waals surface area contributed by atoms with E-state index in [9.17, 15) is 15.0 Å². The summed E-state index contributed by atoms with van der Waals surface area (Å²) in [5.74, 6) is 0. The summed E-state index contributed by atoms with van der Waals surface area (Å²) in [7, 11) is 0. The van der Waals surface area contributed by atoms with Crippen LogP contribution >= 0.6 is 0 Å². The topological polar surface area (TPSA) is 66.8 Å². The Kier molecular flexibility index (Phi) is 3.05. The molecule has 4 heteroatoms. The van der Waals surface area contributed by atoms with Gasteiger partial charge in [0.05, 0.1) is 6.10 Å². The van der Waals surface area contributed by atoms with Crippen LogP contribution < -0.4 is 0 Å². The molecule has 1 saturated heterocycles. The number of aliphatic hydroxyl groups excluding tert-OH is 1. The minimum absolute atomic E-state index is 0.474. The second-order valence-corrected chi connectivity index (χ2v) is 4.58. The number of hydrogen-bond acceptors (Lipinski definition) is 4. The fourth-order valence-electron chi connectivity index (χ4n) is 1.97. The van der Waals surface area contributed by atoms with E-state index in [0.717, 1.165) is 0 Å². The van der Waals surface area contributed by atoms with Crippen molar-refractivity contribution in [3.63, 3.8) is 0 Å². The van der Waals surface area contributed by atoms with Crippen molar-refractivity contribution in [2.45, 2.75) is 51.1 Å². The van der Waals surface area contributed by atoms with Gasteiger partial charge >= 0.3 is 0 Å². The van der Waals surface area contributed by atoms with Crippen LogP contribution in [0.2, 0.25) is 0 Å². The van der Waals surface area contributed by atoms with Crippen molar-refractivity contribution >= 4 is 6.29 Å². The largest absolute Gasteiger partial charge is 0.387 e. The Bertz CT molecular complexity index is 295. The summed E-state index contributed by atoms with van der Waals surface area (Å²) in [5, 5.41) is 19.9. The van der Waals surface area contributed by atoms with E-state index >= 15 is 0 Å². The van der Waals surface area contributed by atoms with Crippen molar-refractivity contribution in [1.29, 1.82) is 0 Å². The number of carbonyl (C=O) groups excluding carboxylic acids is 1. The Morgan fingerprint density at radius 3 is 2.33 bits per heavy atom. The van der Waals surface area contributed by atoms with Crippen molar-refractivity contribution < 1.29 is 19.7 Å². The Balaban J connectivity index is 3.03. The quantitative estimate of drug-likeness (QED) is 0.516. The van der Waals surface area contributed by atoms with E-state index in [-0.39, 0.29) is 0 Å². The third kappa shape index (κ3) is 1.97. The molecule has 1 heterocycles. The fraction of sp³-hybridized carbons (Fsp3) is 0.727. The second kappa shape index (κ2) is 3.70. The molecular formula is C11H18O4. The van der Waals surface area contributed by atoms with Gasteiger partial charge in [-0.15, -0.1) is 0 Å². The van der Waals surface area contributed by atoms with E-state index in [1.54, 1.807) is 26.8 Å². The van der Waals surface area contributed by atoms with Gasteiger partial charge in [0.25, 0.3) is 0 Å². The second-order valence-electron chi connectivity index (χ2n) is 4.58. The average Bonchev–Trinajstić information content (AvgIpc) is 2.28. The summed E-state index contributed by atoms with van der Waals surface area (Å²) < 4.78 is 5.51. The van der Waals surface area contributed by atoms with Crippen LogP contribution in [0.3, 0.4) is 0 Å². The zero-order chi connectivity index (χ0) is 11.9. The van der Waals surface area contributed by atoms with Crippen LogP contribution in [0, 0.1) is 0 Å². The van der Waals surface area contributed by atoms with E-state index in [1.807, 2.05) is 0 Å². The Hall–Kier alpha value is -0.710. The summed E-state index contributed by atoms with van der Waals surface area (Å²) in [6.45, 7) is 6.50. The van der Waals surface area contributed by atoms with Crippen molar-refractivity contribution in [3.05, 3.63) is 11.6 Å². The number of hydrogen-bond donors (Lipinski definition) is 2. The maximum Gasteiger partial charge on any atom is 0.145 e. The maximum absolute atomic E-state index is 10.5. The molecule has 4 nitrogen and oxygen atoms in total. The van der Waals surface area contributed by atoms with Gasteiger partial charge in [-0.05, 0) is 39.3 Å². The molecule has 1 aliphatic rings. The lowest BCUT2D eigenvalue weighted by atomic mass is 9.86. The normalized spacial score (nSPS) is 46.9. The molecule has 0 aromatic carbocycles. The molecule has 1 rings (SSSR count). The van der Waals surface area contributed by atoms with Gasteiger partial charge in [-0.25, -0.2) is 0 Å². The van der Waals surface area contributed by atoms with Crippen LogP contribution in [0.5, 0.6) is 0 Å². The predicted octanol–water partition coefficient (Wildman–Crippen LogP) is 0.421. The van der Waals surface area contributed by atoms with Crippen LogP contribution in [0.4, 0.5) is 0 Å². The molecule has 1 aliphatic heterocycles. The van der Waals surface area contributed by atoms with Crippen molar-refractivity contribution in [2.24, 2.45) is 0 Å². The first-order valence-corrected chi connectivity index (χ1v) is 4.97. The minimum atomic E-state index is -1.30. The highest BCUT2D eigenvalue weighted by Crippen LogP contribution is 2.39. The zero-order valence-electron chi connectivity index (χ0n) is 9.52. The van der Waals surface area contributed by atoms with Crippen molar-refractivity contribution in [1.82, 2.24) is 0 Å². The van der Waals surface area contributed by atoms with E-state index in [1.165, 1.54) is 6.92 Å². The van der Waals surface area contributed by atoms with E-state index in [2.05, 4.69) is 0 Å². The van der Waals surface area contributed by atoms with E-state index in [4.69, 9.17) is 4.74 Å². The Labute approximate surface area is 89.6 Å². The molecule has 0 amide bonds. The summed E-state index contributed by atoms with van der Waals surface area (Å²) in [6.07, 6.45) is 0.713. The van der Waals surface area contributed by atoms with Gasteiger partial charge in [0.1, 0.15) is 23.6 Å². The highest BCUT2D eigenvalue weighted by Gasteiger charge is 2.55. The molecule has 0 saturated carbocycles. The zero-order valence-corrected chi connectivity index (χ0v) is 9.52. The van der Waals surface area contributed by atoms with Gasteiger partial charge in [0.2, 0.25) is 0 Å². The van der Waals surface area contributed by atoms with Gasteiger partial charge in [0, 0.05) is 0 Å².